The Kier molecular flexibility index (Phi) is 11.3. The summed E-state index contributed by atoms with van der Waals surface area (Å²) in [5.41, 5.74) is 0. The van der Waals surface area contributed by atoms with Gasteiger partial charge in [0.1, 0.15) is 42.7 Å². The summed E-state index contributed by atoms with van der Waals surface area (Å²) in [5.74, 6) is 0. The van der Waals surface area contributed by atoms with Crippen LogP contribution in [0.3, 0.4) is 0 Å². The molecule has 0 aromatic rings. The Bertz CT molecular complexity index is 801. The summed E-state index contributed by atoms with van der Waals surface area (Å²) < 4.78 is 50.7. The molecule has 39 heavy (non-hydrogen) atoms. The van der Waals surface area contributed by atoms with Gasteiger partial charge in [0.15, 0.2) is 31.1 Å². The highest BCUT2D eigenvalue weighted by Crippen LogP contribution is 2.33. The molecule has 19 nitrogen and oxygen atoms in total. The molecule has 3 aliphatic heterocycles. The van der Waals surface area contributed by atoms with Crippen molar-refractivity contribution in [1.82, 2.24) is 0 Å². The van der Waals surface area contributed by atoms with Crippen molar-refractivity contribution in [3.63, 3.8) is 0 Å². The first-order chi connectivity index (χ1) is 18.6. The molecule has 0 radical (unpaired) electrons. The van der Waals surface area contributed by atoms with E-state index in [1.807, 2.05) is 0 Å². The molecule has 0 amide bonds. The van der Waals surface area contributed by atoms with Gasteiger partial charge in [-0.25, -0.2) is 0 Å². The highest BCUT2D eigenvalue weighted by atomic mass is 16.8. The highest BCUT2D eigenvalue weighted by molar-refractivity contribution is 5.38. The Morgan fingerprint density at radius 1 is 0.462 bits per heavy atom. The molecule has 0 saturated carbocycles. The van der Waals surface area contributed by atoms with E-state index in [2.05, 4.69) is 4.74 Å². The number of methoxy groups -OCH3 is 2. The summed E-state index contributed by atoms with van der Waals surface area (Å²) in [6.45, 7) is -0.178. The first kappa shape index (κ1) is 31.4. The van der Waals surface area contributed by atoms with Crippen LogP contribution >= 0.6 is 0 Å². The Balaban J connectivity index is 1.78. The number of hydrogen-bond donors (Lipinski definition) is 6. The van der Waals surface area contributed by atoms with Gasteiger partial charge in [0, 0.05) is 14.2 Å². The van der Waals surface area contributed by atoms with E-state index in [-0.39, 0.29) is 19.4 Å². The number of aliphatic hydroxyl groups is 6. The minimum atomic E-state index is -2.04. The fourth-order valence-corrected chi connectivity index (χ4v) is 4.18. The van der Waals surface area contributed by atoms with E-state index in [0.29, 0.717) is 0 Å². The van der Waals surface area contributed by atoms with E-state index in [0.717, 1.165) is 14.2 Å². The third-order valence-corrected chi connectivity index (χ3v) is 6.16. The molecule has 0 aliphatic carbocycles. The van der Waals surface area contributed by atoms with Gasteiger partial charge in [-0.05, 0) is 0 Å². The molecule has 3 rings (SSSR count). The van der Waals surface area contributed by atoms with Gasteiger partial charge in [0.05, 0.1) is 0 Å². The Labute approximate surface area is 219 Å². The monoisotopic (exact) mass is 574 g/mol. The van der Waals surface area contributed by atoms with E-state index in [9.17, 15) is 45.0 Å². The maximum atomic E-state index is 11.1. The molecule has 0 bridgehead atoms. The molecule has 0 aromatic carbocycles. The maximum Gasteiger partial charge on any atom is 0.295 e. The van der Waals surface area contributed by atoms with Crippen molar-refractivity contribution in [3.8, 4) is 0 Å². The van der Waals surface area contributed by atoms with Gasteiger partial charge in [-0.2, -0.15) is 0 Å². The van der Waals surface area contributed by atoms with Crippen LogP contribution in [0, 0.1) is 0 Å². The normalized spacial score (nSPS) is 46.6. The smallest absolute Gasteiger partial charge is 0.295 e. The number of carbonyl (C=O) groups excluding carboxylic acids is 3. The second kappa shape index (κ2) is 14.0. The van der Waals surface area contributed by atoms with Crippen molar-refractivity contribution in [1.29, 1.82) is 0 Å². The predicted molar refractivity (Wildman–Crippen MR) is 111 cm³/mol. The summed E-state index contributed by atoms with van der Waals surface area (Å²) in [6.07, 6.45) is -26.4. The Morgan fingerprint density at radius 2 is 0.795 bits per heavy atom. The van der Waals surface area contributed by atoms with E-state index < -0.39 is 92.7 Å². The zero-order chi connectivity index (χ0) is 28.9. The minimum absolute atomic E-state index is 0.0164. The zero-order valence-electron chi connectivity index (χ0n) is 20.4. The summed E-state index contributed by atoms with van der Waals surface area (Å²) in [4.78, 5) is 32.8. The van der Waals surface area contributed by atoms with Crippen LogP contribution in [0.2, 0.25) is 0 Å². The molecule has 3 saturated heterocycles. The molecule has 3 fully saturated rings. The third kappa shape index (κ3) is 6.62. The molecule has 19 heteroatoms. The van der Waals surface area contributed by atoms with Crippen LogP contribution in [0.25, 0.3) is 0 Å². The minimum Gasteiger partial charge on any atom is -0.435 e. The van der Waals surface area contributed by atoms with Crippen LogP contribution in [0.5, 0.6) is 0 Å². The van der Waals surface area contributed by atoms with Crippen molar-refractivity contribution in [2.45, 2.75) is 92.7 Å². The van der Waals surface area contributed by atoms with Crippen LogP contribution in [-0.4, -0.2) is 157 Å². The van der Waals surface area contributed by atoms with Gasteiger partial charge in [-0.15, -0.1) is 0 Å². The molecule has 15 atom stereocenters. The van der Waals surface area contributed by atoms with Gasteiger partial charge in [0.25, 0.3) is 19.4 Å². The molecule has 224 valence electrons. The van der Waals surface area contributed by atoms with Crippen molar-refractivity contribution in [2.24, 2.45) is 0 Å². The number of aliphatic hydroxyl groups excluding tert-OH is 6. The van der Waals surface area contributed by atoms with Crippen LogP contribution < -0.4 is 0 Å². The zero-order valence-corrected chi connectivity index (χ0v) is 20.4. The summed E-state index contributed by atoms with van der Waals surface area (Å²) in [6, 6.07) is 0. The predicted octanol–water partition coefficient (Wildman–Crippen LogP) is -5.85. The SMILES string of the molecule is CO[C@H]1OC(OC=O)[C@H](O[C@H]2OC(OC=O)[C@H](O[C@H]3OC(OC=O)[C@H](OC)[C@H](O)C3O)[C@H](O)C2O)[C@H](O)C1O. The molecule has 0 aromatic heterocycles. The van der Waals surface area contributed by atoms with Crippen molar-refractivity contribution < 1.29 is 92.4 Å². The van der Waals surface area contributed by atoms with Gasteiger partial charge in [-0.1, -0.05) is 0 Å². The topological polar surface area (TPSA) is 265 Å². The Morgan fingerprint density at radius 3 is 1.15 bits per heavy atom. The van der Waals surface area contributed by atoms with Gasteiger partial charge >= 0.3 is 0 Å². The third-order valence-electron chi connectivity index (χ3n) is 6.16. The highest BCUT2D eigenvalue weighted by Gasteiger charge is 2.55. The number of ether oxygens (including phenoxy) is 10. The molecule has 3 heterocycles. The van der Waals surface area contributed by atoms with E-state index in [4.69, 9.17) is 42.6 Å². The average molecular weight is 574 g/mol. The van der Waals surface area contributed by atoms with Gasteiger partial charge < -0.3 is 78.0 Å². The lowest BCUT2D eigenvalue weighted by Gasteiger charge is -2.47. The summed E-state index contributed by atoms with van der Waals surface area (Å²) >= 11 is 0. The first-order valence-electron chi connectivity index (χ1n) is 11.3. The van der Waals surface area contributed by atoms with E-state index >= 15 is 0 Å². The summed E-state index contributed by atoms with van der Waals surface area (Å²) in [5, 5.41) is 62.8. The van der Waals surface area contributed by atoms with Crippen LogP contribution in [0.15, 0.2) is 0 Å². The largest absolute Gasteiger partial charge is 0.435 e. The fraction of sp³-hybridized carbons (Fsp3) is 0.850. The first-order valence-corrected chi connectivity index (χ1v) is 11.3. The van der Waals surface area contributed by atoms with E-state index in [1.165, 1.54) is 0 Å². The van der Waals surface area contributed by atoms with Gasteiger partial charge in [-0.3, -0.25) is 14.4 Å². The molecule has 6 unspecified atom stereocenters. The number of hydrogen-bond acceptors (Lipinski definition) is 19. The standard InChI is InChI=1S/C20H30O19/c1-30-12-6(24)10(28)16(38-18(12)32-3-21)36-14-8(26)11(29)17(39-20(14)34-5-23)35-13-7(25)9(27)15(31-2)37-19(13)33-4-22/h3-20,24-29H,1-2H3/t6-,7-,8-,9?,10?,11?,12-,13-,14-,15+,16+,17+,18?,19?,20?/m1/s1. The van der Waals surface area contributed by atoms with Crippen LogP contribution in [0.4, 0.5) is 0 Å². The quantitative estimate of drug-likeness (QED) is 0.0935. The fourth-order valence-electron chi connectivity index (χ4n) is 4.18. The Hall–Kier alpha value is -2.11. The number of rotatable bonds is 12. The second-order valence-electron chi connectivity index (χ2n) is 8.40. The maximum absolute atomic E-state index is 11.1. The lowest BCUT2D eigenvalue weighted by atomic mass is 10.0. The molecule has 6 N–H and O–H groups in total. The summed E-state index contributed by atoms with van der Waals surface area (Å²) in [7, 11) is 2.28. The number of carbonyl (C=O) groups is 3. The molecular formula is C20H30O19. The molecule has 3 aliphatic rings. The molecular weight excluding hydrogens is 544 g/mol. The van der Waals surface area contributed by atoms with Crippen molar-refractivity contribution in [3.05, 3.63) is 0 Å². The van der Waals surface area contributed by atoms with Crippen molar-refractivity contribution >= 4 is 19.4 Å². The van der Waals surface area contributed by atoms with E-state index in [1.54, 1.807) is 0 Å². The second-order valence-corrected chi connectivity index (χ2v) is 8.40. The average Bonchev–Trinajstić information content (AvgIpc) is 2.91. The van der Waals surface area contributed by atoms with Crippen LogP contribution in [0.1, 0.15) is 0 Å². The van der Waals surface area contributed by atoms with Crippen molar-refractivity contribution in [2.75, 3.05) is 14.2 Å². The van der Waals surface area contributed by atoms with Crippen LogP contribution in [-0.2, 0) is 61.8 Å². The van der Waals surface area contributed by atoms with Gasteiger partial charge in [0.2, 0.25) is 18.9 Å². The lowest BCUT2D eigenvalue weighted by Crippen LogP contribution is -2.66. The molecule has 0 spiro atoms. The lowest BCUT2D eigenvalue weighted by molar-refractivity contribution is -0.413.